The molecule has 0 aliphatic carbocycles. The van der Waals surface area contributed by atoms with Gasteiger partial charge in [0.1, 0.15) is 0 Å². The van der Waals surface area contributed by atoms with Crippen molar-refractivity contribution in [3.05, 3.63) is 23.5 Å². The van der Waals surface area contributed by atoms with Gasteiger partial charge in [-0.3, -0.25) is 0 Å². The van der Waals surface area contributed by atoms with Crippen molar-refractivity contribution in [2.45, 2.75) is 13.8 Å². The Morgan fingerprint density at radius 3 is 2.53 bits per heavy atom. The Morgan fingerprint density at radius 2 is 2.00 bits per heavy atom. The molecule has 1 rings (SSSR count). The summed E-state index contributed by atoms with van der Waals surface area (Å²) in [6, 6.07) is 2.79. The standard InChI is InChI=1S/C12H15FO4/c1-4-16-11-9(15-3)7-6-8(10(11)13)12(14)17-5-2/h6-7H,4-5H2,1-3H3. The Hall–Kier alpha value is -1.78. The first-order valence-electron chi connectivity index (χ1n) is 5.32. The summed E-state index contributed by atoms with van der Waals surface area (Å²) in [6.45, 7) is 3.84. The highest BCUT2D eigenvalue weighted by Gasteiger charge is 2.20. The number of methoxy groups -OCH3 is 1. The molecule has 5 heteroatoms. The van der Waals surface area contributed by atoms with E-state index in [0.29, 0.717) is 0 Å². The quantitative estimate of drug-likeness (QED) is 0.744. The topological polar surface area (TPSA) is 44.8 Å². The van der Waals surface area contributed by atoms with Gasteiger partial charge in [0, 0.05) is 0 Å². The van der Waals surface area contributed by atoms with Gasteiger partial charge in [-0.15, -0.1) is 0 Å². The predicted octanol–water partition coefficient (Wildman–Crippen LogP) is 2.41. The number of halogens is 1. The fourth-order valence-corrected chi connectivity index (χ4v) is 1.34. The lowest BCUT2D eigenvalue weighted by Crippen LogP contribution is -2.09. The molecule has 0 unspecified atom stereocenters. The van der Waals surface area contributed by atoms with Gasteiger partial charge in [-0.2, -0.15) is 0 Å². The van der Waals surface area contributed by atoms with Crippen molar-refractivity contribution >= 4 is 5.97 Å². The molecule has 0 heterocycles. The van der Waals surface area contributed by atoms with Gasteiger partial charge in [-0.05, 0) is 26.0 Å². The SMILES string of the molecule is CCOC(=O)c1ccc(OC)c(OCC)c1F. The van der Waals surface area contributed by atoms with Crippen LogP contribution >= 0.6 is 0 Å². The molecule has 0 aliphatic rings. The fourth-order valence-electron chi connectivity index (χ4n) is 1.34. The summed E-state index contributed by atoms with van der Waals surface area (Å²) < 4.78 is 28.8. The summed E-state index contributed by atoms with van der Waals surface area (Å²) in [5, 5.41) is 0. The minimum atomic E-state index is -0.760. The predicted molar refractivity (Wildman–Crippen MR) is 60.1 cm³/mol. The first kappa shape index (κ1) is 13.3. The van der Waals surface area contributed by atoms with E-state index in [-0.39, 0.29) is 30.3 Å². The zero-order valence-electron chi connectivity index (χ0n) is 10.1. The summed E-state index contributed by atoms with van der Waals surface area (Å²) in [6.07, 6.45) is 0. The molecule has 0 saturated heterocycles. The Morgan fingerprint density at radius 1 is 1.29 bits per heavy atom. The van der Waals surface area contributed by atoms with E-state index in [0.717, 1.165) is 0 Å². The van der Waals surface area contributed by atoms with E-state index in [4.69, 9.17) is 14.2 Å². The molecule has 0 aromatic heterocycles. The van der Waals surface area contributed by atoms with Crippen molar-refractivity contribution < 1.29 is 23.4 Å². The van der Waals surface area contributed by atoms with Gasteiger partial charge >= 0.3 is 5.97 Å². The van der Waals surface area contributed by atoms with Gasteiger partial charge in [-0.1, -0.05) is 0 Å². The van der Waals surface area contributed by atoms with E-state index in [2.05, 4.69) is 0 Å². The minimum absolute atomic E-state index is 0.0689. The molecule has 0 spiro atoms. The number of carbonyl (C=O) groups is 1. The first-order valence-corrected chi connectivity index (χ1v) is 5.32. The van der Waals surface area contributed by atoms with Crippen LogP contribution in [-0.4, -0.2) is 26.3 Å². The van der Waals surface area contributed by atoms with Crippen molar-refractivity contribution in [3.8, 4) is 11.5 Å². The van der Waals surface area contributed by atoms with Crippen molar-refractivity contribution in [2.24, 2.45) is 0 Å². The smallest absolute Gasteiger partial charge is 0.341 e. The summed E-state index contributed by atoms with van der Waals surface area (Å²) in [5.41, 5.74) is -0.156. The summed E-state index contributed by atoms with van der Waals surface area (Å²) >= 11 is 0. The molecule has 1 aromatic carbocycles. The van der Waals surface area contributed by atoms with Gasteiger partial charge in [0.25, 0.3) is 0 Å². The van der Waals surface area contributed by atoms with Gasteiger partial charge in [0.2, 0.25) is 0 Å². The van der Waals surface area contributed by atoms with Crippen LogP contribution in [0.1, 0.15) is 24.2 Å². The van der Waals surface area contributed by atoms with Gasteiger partial charge in [-0.25, -0.2) is 9.18 Å². The zero-order valence-corrected chi connectivity index (χ0v) is 10.1. The van der Waals surface area contributed by atoms with E-state index in [9.17, 15) is 9.18 Å². The van der Waals surface area contributed by atoms with Crippen LogP contribution in [-0.2, 0) is 4.74 Å². The van der Waals surface area contributed by atoms with Crippen LogP contribution in [0.2, 0.25) is 0 Å². The van der Waals surface area contributed by atoms with E-state index in [1.807, 2.05) is 0 Å². The van der Waals surface area contributed by atoms with Crippen molar-refractivity contribution in [3.63, 3.8) is 0 Å². The maximum atomic E-state index is 14.0. The highest BCUT2D eigenvalue weighted by Crippen LogP contribution is 2.32. The lowest BCUT2D eigenvalue weighted by atomic mass is 10.2. The second-order valence-corrected chi connectivity index (χ2v) is 3.11. The van der Waals surface area contributed by atoms with Crippen LogP contribution < -0.4 is 9.47 Å². The van der Waals surface area contributed by atoms with Crippen LogP contribution in [0.4, 0.5) is 4.39 Å². The molecule has 0 radical (unpaired) electrons. The summed E-state index contributed by atoms with van der Waals surface area (Å²) in [7, 11) is 1.40. The summed E-state index contributed by atoms with van der Waals surface area (Å²) in [5.74, 6) is -1.30. The molecule has 0 aliphatic heterocycles. The molecule has 17 heavy (non-hydrogen) atoms. The van der Waals surface area contributed by atoms with Crippen LogP contribution in [0.3, 0.4) is 0 Å². The van der Waals surface area contributed by atoms with Gasteiger partial charge in [0.05, 0.1) is 25.9 Å². The van der Waals surface area contributed by atoms with Crippen molar-refractivity contribution in [2.75, 3.05) is 20.3 Å². The highest BCUT2D eigenvalue weighted by atomic mass is 19.1. The third-order valence-electron chi connectivity index (χ3n) is 2.06. The van der Waals surface area contributed by atoms with E-state index >= 15 is 0 Å². The second-order valence-electron chi connectivity index (χ2n) is 3.11. The van der Waals surface area contributed by atoms with Crippen LogP contribution in [0.5, 0.6) is 11.5 Å². The van der Waals surface area contributed by atoms with E-state index in [1.165, 1.54) is 19.2 Å². The third kappa shape index (κ3) is 2.87. The Kier molecular flexibility index (Phi) is 4.75. The molecule has 0 bridgehead atoms. The average Bonchev–Trinajstić information content (AvgIpc) is 2.32. The molecular weight excluding hydrogens is 227 g/mol. The average molecular weight is 242 g/mol. The molecule has 0 amide bonds. The molecular formula is C12H15FO4. The zero-order chi connectivity index (χ0) is 12.8. The normalized spacial score (nSPS) is 9.88. The van der Waals surface area contributed by atoms with Crippen LogP contribution in [0.25, 0.3) is 0 Å². The molecule has 4 nitrogen and oxygen atoms in total. The Balaban J connectivity index is 3.17. The number of rotatable bonds is 5. The highest BCUT2D eigenvalue weighted by molar-refractivity contribution is 5.90. The molecule has 0 N–H and O–H groups in total. The minimum Gasteiger partial charge on any atom is -0.493 e. The Labute approximate surface area is 99.3 Å². The number of hydrogen-bond donors (Lipinski definition) is 0. The number of ether oxygens (including phenoxy) is 3. The maximum absolute atomic E-state index is 14.0. The molecule has 0 fully saturated rings. The monoisotopic (exact) mass is 242 g/mol. The van der Waals surface area contributed by atoms with Crippen LogP contribution in [0, 0.1) is 5.82 Å². The van der Waals surface area contributed by atoms with E-state index < -0.39 is 11.8 Å². The molecule has 0 atom stereocenters. The second kappa shape index (κ2) is 6.08. The number of hydrogen-bond acceptors (Lipinski definition) is 4. The molecule has 0 saturated carbocycles. The molecule has 1 aromatic rings. The number of esters is 1. The lowest BCUT2D eigenvalue weighted by Gasteiger charge is -2.12. The largest absolute Gasteiger partial charge is 0.493 e. The number of carbonyl (C=O) groups excluding carboxylic acids is 1. The third-order valence-corrected chi connectivity index (χ3v) is 2.06. The van der Waals surface area contributed by atoms with Gasteiger partial charge < -0.3 is 14.2 Å². The fraction of sp³-hybridized carbons (Fsp3) is 0.417. The van der Waals surface area contributed by atoms with Crippen LogP contribution in [0.15, 0.2) is 12.1 Å². The Bertz CT molecular complexity index is 404. The van der Waals surface area contributed by atoms with Gasteiger partial charge in [0.15, 0.2) is 17.3 Å². The summed E-state index contributed by atoms with van der Waals surface area (Å²) in [4.78, 5) is 11.5. The van der Waals surface area contributed by atoms with Crippen molar-refractivity contribution in [1.82, 2.24) is 0 Å². The number of benzene rings is 1. The maximum Gasteiger partial charge on any atom is 0.341 e. The first-order chi connectivity index (χ1) is 8.15. The van der Waals surface area contributed by atoms with Crippen molar-refractivity contribution in [1.29, 1.82) is 0 Å². The lowest BCUT2D eigenvalue weighted by molar-refractivity contribution is 0.0520. The molecule has 94 valence electrons. The van der Waals surface area contributed by atoms with E-state index in [1.54, 1.807) is 13.8 Å².